The average molecular weight is 314 g/mol. The first-order chi connectivity index (χ1) is 8.35. The van der Waals surface area contributed by atoms with Crippen LogP contribution in [0.2, 0.25) is 0 Å². The fourth-order valence-electron chi connectivity index (χ4n) is 1.57. The Morgan fingerprint density at radius 3 is 2.67 bits per heavy atom. The van der Waals surface area contributed by atoms with Gasteiger partial charge in [-0.15, -0.1) is 0 Å². The van der Waals surface area contributed by atoms with Crippen LogP contribution in [0.5, 0.6) is 0 Å². The maximum atomic E-state index is 12.0. The molecule has 0 bridgehead atoms. The lowest BCUT2D eigenvalue weighted by Crippen LogP contribution is -2.40. The molecule has 0 spiro atoms. The molecule has 100 valence electrons. The minimum atomic E-state index is -0.341. The van der Waals surface area contributed by atoms with E-state index in [1.165, 1.54) is 0 Å². The minimum Gasteiger partial charge on any atom is -0.374 e. The number of carbonyl (C=O) groups excluding carboxylic acids is 1. The average Bonchev–Trinajstić information content (AvgIpc) is 2.30. The van der Waals surface area contributed by atoms with Crippen molar-refractivity contribution in [2.75, 3.05) is 13.2 Å². The molecule has 0 heterocycles. The van der Waals surface area contributed by atoms with E-state index in [9.17, 15) is 4.79 Å². The van der Waals surface area contributed by atoms with E-state index in [-0.39, 0.29) is 11.5 Å². The maximum absolute atomic E-state index is 12.0. The second-order valence-electron chi connectivity index (χ2n) is 4.84. The van der Waals surface area contributed by atoms with Crippen LogP contribution in [-0.2, 0) is 4.74 Å². The fraction of sp³-hybridized carbons (Fsp3) is 0.500. The van der Waals surface area contributed by atoms with Crippen molar-refractivity contribution in [2.24, 2.45) is 0 Å². The number of nitrogens with one attached hydrogen (secondary N) is 1. The molecule has 3 nitrogen and oxygen atoms in total. The lowest BCUT2D eigenvalue weighted by molar-refractivity contribution is -0.00815. The van der Waals surface area contributed by atoms with Crippen LogP contribution in [0, 0.1) is 6.92 Å². The largest absolute Gasteiger partial charge is 0.374 e. The van der Waals surface area contributed by atoms with Crippen molar-refractivity contribution in [1.29, 1.82) is 0 Å². The minimum absolute atomic E-state index is 0.0801. The van der Waals surface area contributed by atoms with Crippen LogP contribution in [0.15, 0.2) is 22.7 Å². The van der Waals surface area contributed by atoms with Crippen molar-refractivity contribution in [2.45, 2.75) is 33.3 Å². The Balaban J connectivity index is 2.63. The molecule has 0 atom stereocenters. The first-order valence-electron chi connectivity index (χ1n) is 6.04. The lowest BCUT2D eigenvalue weighted by atomic mass is 10.1. The third-order valence-corrected chi connectivity index (χ3v) is 3.50. The van der Waals surface area contributed by atoms with Crippen LogP contribution in [-0.4, -0.2) is 24.7 Å². The molecule has 1 rings (SSSR count). The summed E-state index contributed by atoms with van der Waals surface area (Å²) >= 11 is 3.43. The van der Waals surface area contributed by atoms with Gasteiger partial charge in [0.25, 0.3) is 5.91 Å². The predicted molar refractivity (Wildman–Crippen MR) is 76.9 cm³/mol. The van der Waals surface area contributed by atoms with Gasteiger partial charge in [0.15, 0.2) is 0 Å². The summed E-state index contributed by atoms with van der Waals surface area (Å²) in [7, 11) is 0. The Morgan fingerprint density at radius 2 is 2.11 bits per heavy atom. The molecule has 1 amide bonds. The Hall–Kier alpha value is -0.870. The molecule has 18 heavy (non-hydrogen) atoms. The van der Waals surface area contributed by atoms with Gasteiger partial charge in [-0.3, -0.25) is 4.79 Å². The van der Waals surface area contributed by atoms with Gasteiger partial charge in [-0.05, 0) is 45.4 Å². The van der Waals surface area contributed by atoms with Crippen LogP contribution in [0.1, 0.15) is 36.7 Å². The number of amides is 1. The van der Waals surface area contributed by atoms with E-state index in [4.69, 9.17) is 4.74 Å². The van der Waals surface area contributed by atoms with Crippen LogP contribution in [0.3, 0.4) is 0 Å². The molecule has 4 heteroatoms. The number of aryl methyl sites for hydroxylation is 1. The van der Waals surface area contributed by atoms with Gasteiger partial charge in [0.05, 0.1) is 5.60 Å². The number of ether oxygens (including phenoxy) is 1. The standard InChI is InChI=1S/C14H20BrNO2/c1-5-18-14(3,4)9-16-13(17)11-7-6-10(2)12(15)8-11/h6-8H,5,9H2,1-4H3,(H,16,17). The fourth-order valence-corrected chi connectivity index (χ4v) is 1.95. The molecule has 1 N–H and O–H groups in total. The molecule has 0 aliphatic heterocycles. The lowest BCUT2D eigenvalue weighted by Gasteiger charge is -2.24. The molecular formula is C14H20BrNO2. The highest BCUT2D eigenvalue weighted by atomic mass is 79.9. The van der Waals surface area contributed by atoms with Crippen molar-refractivity contribution in [3.05, 3.63) is 33.8 Å². The summed E-state index contributed by atoms with van der Waals surface area (Å²) in [6.45, 7) is 8.98. The highest BCUT2D eigenvalue weighted by molar-refractivity contribution is 9.10. The molecule has 0 saturated heterocycles. The number of hydrogen-bond acceptors (Lipinski definition) is 2. The highest BCUT2D eigenvalue weighted by Gasteiger charge is 2.19. The molecule has 1 aromatic carbocycles. The summed E-state index contributed by atoms with van der Waals surface area (Å²) < 4.78 is 6.48. The quantitative estimate of drug-likeness (QED) is 0.905. The maximum Gasteiger partial charge on any atom is 0.251 e. The second kappa shape index (κ2) is 6.34. The van der Waals surface area contributed by atoms with Gasteiger partial charge in [0.2, 0.25) is 0 Å². The Morgan fingerprint density at radius 1 is 1.44 bits per heavy atom. The van der Waals surface area contributed by atoms with Gasteiger partial charge in [-0.2, -0.15) is 0 Å². The molecule has 0 fully saturated rings. The van der Waals surface area contributed by atoms with E-state index >= 15 is 0 Å². The summed E-state index contributed by atoms with van der Waals surface area (Å²) in [6.07, 6.45) is 0. The van der Waals surface area contributed by atoms with Gasteiger partial charge in [0, 0.05) is 23.2 Å². The van der Waals surface area contributed by atoms with Crippen LogP contribution >= 0.6 is 15.9 Å². The zero-order valence-corrected chi connectivity index (χ0v) is 12.9. The summed E-state index contributed by atoms with van der Waals surface area (Å²) in [5.41, 5.74) is 1.42. The van der Waals surface area contributed by atoms with Gasteiger partial charge in [-0.1, -0.05) is 22.0 Å². The molecule has 1 aromatic rings. The molecule has 0 unspecified atom stereocenters. The highest BCUT2D eigenvalue weighted by Crippen LogP contribution is 2.17. The summed E-state index contributed by atoms with van der Waals surface area (Å²) in [5.74, 6) is -0.0801. The number of halogens is 1. The van der Waals surface area contributed by atoms with E-state index in [0.29, 0.717) is 18.7 Å². The first-order valence-corrected chi connectivity index (χ1v) is 6.83. The zero-order chi connectivity index (χ0) is 13.8. The van der Waals surface area contributed by atoms with E-state index in [1.54, 1.807) is 0 Å². The van der Waals surface area contributed by atoms with E-state index < -0.39 is 0 Å². The van der Waals surface area contributed by atoms with Crippen molar-refractivity contribution in [1.82, 2.24) is 5.32 Å². The molecule has 0 aliphatic carbocycles. The van der Waals surface area contributed by atoms with E-state index in [1.807, 2.05) is 45.9 Å². The second-order valence-corrected chi connectivity index (χ2v) is 5.69. The van der Waals surface area contributed by atoms with E-state index in [0.717, 1.165) is 10.0 Å². The number of benzene rings is 1. The van der Waals surface area contributed by atoms with Crippen molar-refractivity contribution in [3.63, 3.8) is 0 Å². The van der Waals surface area contributed by atoms with Gasteiger partial charge >= 0.3 is 0 Å². The monoisotopic (exact) mass is 313 g/mol. The Kier molecular flexibility index (Phi) is 5.35. The number of hydrogen-bond donors (Lipinski definition) is 1. The molecule has 0 radical (unpaired) electrons. The summed E-state index contributed by atoms with van der Waals surface area (Å²) in [6, 6.07) is 5.58. The third kappa shape index (κ3) is 4.42. The first kappa shape index (κ1) is 15.2. The SMILES string of the molecule is CCOC(C)(C)CNC(=O)c1ccc(C)c(Br)c1. The number of carbonyl (C=O) groups is 1. The van der Waals surface area contributed by atoms with Crippen LogP contribution in [0.4, 0.5) is 0 Å². The van der Waals surface area contributed by atoms with Crippen LogP contribution in [0.25, 0.3) is 0 Å². The topological polar surface area (TPSA) is 38.3 Å². The predicted octanol–water partition coefficient (Wildman–Crippen LogP) is 3.30. The summed E-state index contributed by atoms with van der Waals surface area (Å²) in [5, 5.41) is 2.89. The summed E-state index contributed by atoms with van der Waals surface area (Å²) in [4.78, 5) is 12.0. The van der Waals surface area contributed by atoms with Crippen LogP contribution < -0.4 is 5.32 Å². The van der Waals surface area contributed by atoms with E-state index in [2.05, 4.69) is 21.2 Å². The smallest absolute Gasteiger partial charge is 0.251 e. The van der Waals surface area contributed by atoms with Crippen molar-refractivity contribution in [3.8, 4) is 0 Å². The van der Waals surface area contributed by atoms with Crippen molar-refractivity contribution >= 4 is 21.8 Å². The molecule has 0 saturated carbocycles. The number of rotatable bonds is 5. The zero-order valence-electron chi connectivity index (χ0n) is 11.3. The van der Waals surface area contributed by atoms with Crippen molar-refractivity contribution < 1.29 is 9.53 Å². The van der Waals surface area contributed by atoms with Gasteiger partial charge in [-0.25, -0.2) is 0 Å². The Labute approximate surface area is 117 Å². The van der Waals surface area contributed by atoms with Gasteiger partial charge in [0.1, 0.15) is 0 Å². The normalized spacial score (nSPS) is 11.4. The Bertz CT molecular complexity index is 430. The molecule has 0 aliphatic rings. The van der Waals surface area contributed by atoms with Gasteiger partial charge < -0.3 is 10.1 Å². The molecular weight excluding hydrogens is 294 g/mol. The molecule has 0 aromatic heterocycles. The third-order valence-electron chi connectivity index (χ3n) is 2.64.